The lowest BCUT2D eigenvalue weighted by Crippen LogP contribution is -2.48. The molecule has 3 N–H and O–H groups in total. The summed E-state index contributed by atoms with van der Waals surface area (Å²) in [5, 5.41) is 15.8. The lowest BCUT2D eigenvalue weighted by molar-refractivity contribution is 0.172. The van der Waals surface area contributed by atoms with E-state index in [1.165, 1.54) is 6.42 Å². The number of carbonyl (C=O) groups excluding carboxylic acids is 1. The third kappa shape index (κ3) is 7.04. The topological polar surface area (TPSA) is 64.6 Å². The molecule has 25 heavy (non-hydrogen) atoms. The van der Waals surface area contributed by atoms with E-state index in [0.717, 1.165) is 38.0 Å². The van der Waals surface area contributed by atoms with E-state index in [-0.39, 0.29) is 18.0 Å². The molecule has 2 unspecified atom stereocenters. The molecule has 2 rings (SSSR count). The molecular formula is C20H33N3O2. The molecule has 1 heterocycles. The number of hydrogen-bond acceptors (Lipinski definition) is 3. The normalized spacial score (nSPS) is 18.5. The quantitative estimate of drug-likeness (QED) is 0.677. The summed E-state index contributed by atoms with van der Waals surface area (Å²) in [6.45, 7) is 7.81. The minimum Gasteiger partial charge on any atom is -0.393 e. The second-order valence-corrected chi connectivity index (χ2v) is 7.16. The molecule has 0 saturated carbocycles. The summed E-state index contributed by atoms with van der Waals surface area (Å²) < 4.78 is 0. The summed E-state index contributed by atoms with van der Waals surface area (Å²) in [7, 11) is 0. The third-order valence-electron chi connectivity index (χ3n) is 4.87. The molecule has 5 heteroatoms. The molecule has 1 aromatic rings. The van der Waals surface area contributed by atoms with Crippen LogP contribution in [-0.2, 0) is 0 Å². The molecule has 1 saturated heterocycles. The standard InChI is InChI=1S/C20H33N3O2/c1-3-11-23-12-9-19(10-13-23)22-20(25)21-15-18(14-16(2)24)17-7-5-4-6-8-17/h4-8,16,18-19,24H,3,9-15H2,1-2H3,(H2,21,22,25). The van der Waals surface area contributed by atoms with Crippen LogP contribution in [0.3, 0.4) is 0 Å². The van der Waals surface area contributed by atoms with Gasteiger partial charge in [-0.05, 0) is 44.7 Å². The van der Waals surface area contributed by atoms with Crippen LogP contribution in [0.4, 0.5) is 4.79 Å². The zero-order chi connectivity index (χ0) is 18.1. The Hall–Kier alpha value is -1.59. The molecule has 5 nitrogen and oxygen atoms in total. The number of aliphatic hydroxyl groups is 1. The second-order valence-electron chi connectivity index (χ2n) is 7.16. The van der Waals surface area contributed by atoms with Crippen molar-refractivity contribution in [1.82, 2.24) is 15.5 Å². The number of carbonyl (C=O) groups is 1. The van der Waals surface area contributed by atoms with E-state index in [1.807, 2.05) is 18.2 Å². The Labute approximate surface area is 151 Å². The van der Waals surface area contributed by atoms with Crippen molar-refractivity contribution in [3.8, 4) is 0 Å². The first-order chi connectivity index (χ1) is 12.1. The number of nitrogens with zero attached hydrogens (tertiary/aromatic N) is 1. The van der Waals surface area contributed by atoms with Crippen LogP contribution in [0.25, 0.3) is 0 Å². The molecule has 2 atom stereocenters. The minimum absolute atomic E-state index is 0.0968. The number of nitrogens with one attached hydrogen (secondary N) is 2. The first-order valence-corrected chi connectivity index (χ1v) is 9.58. The van der Waals surface area contributed by atoms with Gasteiger partial charge in [0.15, 0.2) is 0 Å². The van der Waals surface area contributed by atoms with Crippen molar-refractivity contribution >= 4 is 6.03 Å². The first-order valence-electron chi connectivity index (χ1n) is 9.58. The molecule has 0 radical (unpaired) electrons. The SMILES string of the molecule is CCCN1CCC(NC(=O)NCC(CC(C)O)c2ccccc2)CC1. The zero-order valence-electron chi connectivity index (χ0n) is 15.6. The van der Waals surface area contributed by atoms with E-state index in [9.17, 15) is 9.90 Å². The van der Waals surface area contributed by atoms with Crippen molar-refractivity contribution in [3.63, 3.8) is 0 Å². The summed E-state index contributed by atoms with van der Waals surface area (Å²) in [5.41, 5.74) is 1.15. The van der Waals surface area contributed by atoms with Gasteiger partial charge in [-0.3, -0.25) is 0 Å². The van der Waals surface area contributed by atoms with Crippen molar-refractivity contribution in [1.29, 1.82) is 0 Å². The van der Waals surface area contributed by atoms with Gasteiger partial charge in [-0.1, -0.05) is 37.3 Å². The van der Waals surface area contributed by atoms with Crippen molar-refractivity contribution in [2.24, 2.45) is 0 Å². The number of benzene rings is 1. The monoisotopic (exact) mass is 347 g/mol. The predicted octanol–water partition coefficient (Wildman–Crippen LogP) is 2.71. The van der Waals surface area contributed by atoms with Crippen LogP contribution in [0.1, 0.15) is 51.0 Å². The molecule has 2 amide bonds. The van der Waals surface area contributed by atoms with E-state index in [2.05, 4.69) is 34.6 Å². The summed E-state index contributed by atoms with van der Waals surface area (Å²) in [4.78, 5) is 14.7. The highest BCUT2D eigenvalue weighted by atomic mass is 16.3. The summed E-state index contributed by atoms with van der Waals surface area (Å²) in [6.07, 6.45) is 3.47. The maximum absolute atomic E-state index is 12.2. The number of urea groups is 1. The number of aliphatic hydroxyl groups excluding tert-OH is 1. The van der Waals surface area contributed by atoms with E-state index in [1.54, 1.807) is 6.92 Å². The summed E-state index contributed by atoms with van der Waals surface area (Å²) >= 11 is 0. The second kappa shape index (κ2) is 10.4. The highest BCUT2D eigenvalue weighted by Gasteiger charge is 2.21. The number of rotatable bonds is 8. The average Bonchev–Trinajstić information content (AvgIpc) is 2.61. The molecule has 1 fully saturated rings. The Kier molecular flexibility index (Phi) is 8.22. The Morgan fingerprint density at radius 3 is 2.56 bits per heavy atom. The van der Waals surface area contributed by atoms with Gasteiger partial charge in [-0.15, -0.1) is 0 Å². The van der Waals surface area contributed by atoms with Gasteiger partial charge >= 0.3 is 6.03 Å². The zero-order valence-corrected chi connectivity index (χ0v) is 15.6. The van der Waals surface area contributed by atoms with E-state index in [4.69, 9.17) is 0 Å². The maximum Gasteiger partial charge on any atom is 0.315 e. The number of hydrogen-bond donors (Lipinski definition) is 3. The van der Waals surface area contributed by atoms with Gasteiger partial charge in [0.25, 0.3) is 0 Å². The predicted molar refractivity (Wildman–Crippen MR) is 102 cm³/mol. The maximum atomic E-state index is 12.2. The molecule has 140 valence electrons. The fraction of sp³-hybridized carbons (Fsp3) is 0.650. The van der Waals surface area contributed by atoms with Crippen LogP contribution in [0.2, 0.25) is 0 Å². The Morgan fingerprint density at radius 1 is 1.28 bits per heavy atom. The van der Waals surface area contributed by atoms with Crippen molar-refractivity contribution in [2.45, 2.75) is 57.6 Å². The van der Waals surface area contributed by atoms with Gasteiger partial charge in [-0.25, -0.2) is 4.79 Å². The van der Waals surface area contributed by atoms with E-state index >= 15 is 0 Å². The number of piperidine rings is 1. The van der Waals surface area contributed by atoms with Crippen molar-refractivity contribution < 1.29 is 9.90 Å². The fourth-order valence-electron chi connectivity index (χ4n) is 3.54. The Balaban J connectivity index is 1.77. The fourth-order valence-corrected chi connectivity index (χ4v) is 3.54. The van der Waals surface area contributed by atoms with Gasteiger partial charge in [0.2, 0.25) is 0 Å². The Bertz CT molecular complexity index is 499. The number of amides is 2. The highest BCUT2D eigenvalue weighted by molar-refractivity contribution is 5.74. The first kappa shape index (κ1) is 19.7. The molecule has 1 aliphatic rings. The lowest BCUT2D eigenvalue weighted by atomic mass is 9.93. The van der Waals surface area contributed by atoms with Crippen molar-refractivity contribution in [2.75, 3.05) is 26.2 Å². The molecule has 0 aromatic heterocycles. The molecule has 0 bridgehead atoms. The van der Waals surface area contributed by atoms with Crippen LogP contribution in [0.5, 0.6) is 0 Å². The molecule has 0 spiro atoms. The number of likely N-dealkylation sites (tertiary alicyclic amines) is 1. The van der Waals surface area contributed by atoms with Crippen LogP contribution >= 0.6 is 0 Å². The third-order valence-corrected chi connectivity index (χ3v) is 4.87. The largest absolute Gasteiger partial charge is 0.393 e. The van der Waals surface area contributed by atoms with E-state index < -0.39 is 6.10 Å². The van der Waals surface area contributed by atoms with Gasteiger partial charge in [0.05, 0.1) is 6.10 Å². The minimum atomic E-state index is -0.391. The van der Waals surface area contributed by atoms with Crippen LogP contribution in [-0.4, -0.2) is 54.4 Å². The molecule has 1 aliphatic heterocycles. The molecule has 1 aromatic carbocycles. The Morgan fingerprint density at radius 2 is 1.96 bits per heavy atom. The van der Waals surface area contributed by atoms with Crippen LogP contribution < -0.4 is 10.6 Å². The smallest absolute Gasteiger partial charge is 0.315 e. The summed E-state index contributed by atoms with van der Waals surface area (Å²) in [5.74, 6) is 0.123. The molecular weight excluding hydrogens is 314 g/mol. The van der Waals surface area contributed by atoms with Crippen molar-refractivity contribution in [3.05, 3.63) is 35.9 Å². The van der Waals surface area contributed by atoms with Gasteiger partial charge in [0, 0.05) is 31.6 Å². The lowest BCUT2D eigenvalue weighted by Gasteiger charge is -2.32. The van der Waals surface area contributed by atoms with Crippen LogP contribution in [0, 0.1) is 0 Å². The highest BCUT2D eigenvalue weighted by Crippen LogP contribution is 2.20. The van der Waals surface area contributed by atoms with E-state index in [0.29, 0.717) is 13.0 Å². The van der Waals surface area contributed by atoms with Gasteiger partial charge in [-0.2, -0.15) is 0 Å². The molecule has 0 aliphatic carbocycles. The van der Waals surface area contributed by atoms with Gasteiger partial charge < -0.3 is 20.6 Å². The van der Waals surface area contributed by atoms with Gasteiger partial charge in [0.1, 0.15) is 0 Å². The van der Waals surface area contributed by atoms with Crippen LogP contribution in [0.15, 0.2) is 30.3 Å². The average molecular weight is 348 g/mol. The summed E-state index contributed by atoms with van der Waals surface area (Å²) in [6, 6.07) is 10.2.